The Bertz CT molecular complexity index is 1070. The molecule has 0 fully saturated rings. The molecule has 0 aliphatic carbocycles. The minimum Gasteiger partial charge on any atom is -0.354 e. The van der Waals surface area contributed by atoms with Gasteiger partial charge in [-0.15, -0.1) is 0 Å². The highest BCUT2D eigenvalue weighted by atomic mass is 14.7. The molecule has 0 atom stereocenters. The predicted octanol–water partition coefficient (Wildman–Crippen LogP) is 4.97. The fourth-order valence-corrected chi connectivity index (χ4v) is 3.30. The molecule has 3 aromatic carbocycles. The summed E-state index contributed by atoms with van der Waals surface area (Å²) >= 11 is 0. The summed E-state index contributed by atoms with van der Waals surface area (Å²) in [6.45, 7) is 0. The Balaban J connectivity index is 1.95. The van der Waals surface area contributed by atoms with Crippen LogP contribution in [0.3, 0.4) is 0 Å². The van der Waals surface area contributed by atoms with Crippen LogP contribution in [0.25, 0.3) is 43.7 Å². The fraction of sp³-hybridized carbons (Fsp3) is 0. The summed E-state index contributed by atoms with van der Waals surface area (Å²) in [6, 6.07) is 19.4. The first kappa shape index (κ1) is 10.9. The number of rotatable bonds is 1. The minimum atomic E-state index is 1.20. The Morgan fingerprint density at radius 1 is 0.667 bits per heavy atom. The monoisotopic (exact) mass is 268 g/mol. The highest BCUT2D eigenvalue weighted by Gasteiger charge is 2.11. The lowest BCUT2D eigenvalue weighted by molar-refractivity contribution is 1.33. The number of hydrogen-bond acceptors (Lipinski definition) is 1. The lowest BCUT2D eigenvalue weighted by Gasteiger charge is -2.05. The number of aromatic amines is 1. The summed E-state index contributed by atoms with van der Waals surface area (Å²) in [6.07, 6.45) is 3.68. The SMILES string of the molecule is c1cc2ccc3cc(-c4ccncc4)cc4[nH]c(c1)c2c34. The van der Waals surface area contributed by atoms with Crippen LogP contribution in [0.4, 0.5) is 0 Å². The van der Waals surface area contributed by atoms with Gasteiger partial charge >= 0.3 is 0 Å². The fourth-order valence-electron chi connectivity index (χ4n) is 3.30. The number of pyridine rings is 1. The second kappa shape index (κ2) is 3.83. The van der Waals surface area contributed by atoms with Gasteiger partial charge in [-0.2, -0.15) is 0 Å². The second-order valence-corrected chi connectivity index (χ2v) is 5.45. The zero-order valence-electron chi connectivity index (χ0n) is 11.3. The Morgan fingerprint density at radius 3 is 2.38 bits per heavy atom. The number of hydrogen-bond donors (Lipinski definition) is 1. The van der Waals surface area contributed by atoms with E-state index in [-0.39, 0.29) is 0 Å². The van der Waals surface area contributed by atoms with E-state index in [2.05, 4.69) is 64.6 Å². The van der Waals surface area contributed by atoms with Crippen LogP contribution in [-0.2, 0) is 0 Å². The zero-order chi connectivity index (χ0) is 13.8. The highest BCUT2D eigenvalue weighted by molar-refractivity contribution is 6.23. The highest BCUT2D eigenvalue weighted by Crippen LogP contribution is 2.37. The molecule has 0 saturated heterocycles. The van der Waals surface area contributed by atoms with E-state index in [9.17, 15) is 0 Å². The lowest BCUT2D eigenvalue weighted by Crippen LogP contribution is -1.81. The summed E-state index contributed by atoms with van der Waals surface area (Å²) in [5, 5.41) is 5.25. The van der Waals surface area contributed by atoms with E-state index < -0.39 is 0 Å². The van der Waals surface area contributed by atoms with Gasteiger partial charge in [-0.25, -0.2) is 0 Å². The van der Waals surface area contributed by atoms with Gasteiger partial charge in [0, 0.05) is 34.2 Å². The summed E-state index contributed by atoms with van der Waals surface area (Å²) in [4.78, 5) is 7.65. The molecule has 0 bridgehead atoms. The third kappa shape index (κ3) is 1.44. The van der Waals surface area contributed by atoms with E-state index in [4.69, 9.17) is 0 Å². The summed E-state index contributed by atoms with van der Waals surface area (Å²) in [5.74, 6) is 0. The van der Waals surface area contributed by atoms with Crippen LogP contribution in [0.1, 0.15) is 0 Å². The van der Waals surface area contributed by atoms with Crippen molar-refractivity contribution in [3.05, 3.63) is 67.0 Å². The van der Waals surface area contributed by atoms with Gasteiger partial charge in [-0.05, 0) is 52.2 Å². The van der Waals surface area contributed by atoms with Gasteiger partial charge in [0.05, 0.1) is 0 Å². The average Bonchev–Trinajstić information content (AvgIpc) is 2.93. The van der Waals surface area contributed by atoms with E-state index in [0.717, 1.165) is 0 Å². The maximum Gasteiger partial charge on any atom is 0.0477 e. The van der Waals surface area contributed by atoms with Crippen LogP contribution in [0.2, 0.25) is 0 Å². The Labute approximate surface area is 121 Å². The Kier molecular flexibility index (Phi) is 1.98. The van der Waals surface area contributed by atoms with Crippen molar-refractivity contribution in [1.82, 2.24) is 9.97 Å². The lowest BCUT2D eigenvalue weighted by atomic mass is 9.98. The molecular formula is C19H12N2. The van der Waals surface area contributed by atoms with Gasteiger partial charge in [-0.3, -0.25) is 4.98 Å². The molecule has 98 valence electrons. The first-order chi connectivity index (χ1) is 10.4. The first-order valence-electron chi connectivity index (χ1n) is 7.07. The van der Waals surface area contributed by atoms with Crippen molar-refractivity contribution in [2.24, 2.45) is 0 Å². The molecule has 21 heavy (non-hydrogen) atoms. The number of aromatic nitrogens is 2. The molecule has 5 rings (SSSR count). The quantitative estimate of drug-likeness (QED) is 0.427. The van der Waals surface area contributed by atoms with E-state index in [1.165, 1.54) is 43.7 Å². The largest absolute Gasteiger partial charge is 0.354 e. The predicted molar refractivity (Wildman–Crippen MR) is 87.7 cm³/mol. The normalized spacial score (nSPS) is 11.8. The molecule has 5 aromatic rings. The van der Waals surface area contributed by atoms with Crippen molar-refractivity contribution in [2.45, 2.75) is 0 Å². The van der Waals surface area contributed by atoms with Gasteiger partial charge in [0.25, 0.3) is 0 Å². The summed E-state index contributed by atoms with van der Waals surface area (Å²) in [7, 11) is 0. The first-order valence-corrected chi connectivity index (χ1v) is 7.07. The number of benzene rings is 3. The van der Waals surface area contributed by atoms with E-state index in [1.807, 2.05) is 12.4 Å². The maximum atomic E-state index is 4.10. The topological polar surface area (TPSA) is 28.7 Å². The van der Waals surface area contributed by atoms with Crippen LogP contribution < -0.4 is 0 Å². The van der Waals surface area contributed by atoms with Gasteiger partial charge < -0.3 is 4.98 Å². The standard InChI is InChI=1S/C19H12N2/c1-2-13-4-5-14-10-15(12-6-8-20-9-7-12)11-17-19(14)18(13)16(3-1)21-17/h1-11,21H. The van der Waals surface area contributed by atoms with E-state index in [0.29, 0.717) is 0 Å². The van der Waals surface area contributed by atoms with Crippen molar-refractivity contribution < 1.29 is 0 Å². The molecule has 2 heteroatoms. The van der Waals surface area contributed by atoms with Crippen molar-refractivity contribution in [3.63, 3.8) is 0 Å². The summed E-state index contributed by atoms with van der Waals surface area (Å²) < 4.78 is 0. The second-order valence-electron chi connectivity index (χ2n) is 5.45. The van der Waals surface area contributed by atoms with Gasteiger partial charge in [0.2, 0.25) is 0 Å². The molecule has 0 radical (unpaired) electrons. The van der Waals surface area contributed by atoms with Crippen LogP contribution >= 0.6 is 0 Å². The van der Waals surface area contributed by atoms with Crippen molar-refractivity contribution in [1.29, 1.82) is 0 Å². The number of nitrogens with one attached hydrogen (secondary N) is 1. The molecule has 0 amide bonds. The van der Waals surface area contributed by atoms with E-state index >= 15 is 0 Å². The average molecular weight is 268 g/mol. The van der Waals surface area contributed by atoms with Crippen molar-refractivity contribution in [3.8, 4) is 11.1 Å². The Morgan fingerprint density at radius 2 is 1.48 bits per heavy atom. The minimum absolute atomic E-state index is 1.20. The smallest absolute Gasteiger partial charge is 0.0477 e. The van der Waals surface area contributed by atoms with Gasteiger partial charge in [0.15, 0.2) is 0 Å². The molecule has 0 aliphatic rings. The maximum absolute atomic E-state index is 4.10. The molecule has 0 unspecified atom stereocenters. The Hall–Kier alpha value is -2.87. The van der Waals surface area contributed by atoms with Crippen LogP contribution in [0, 0.1) is 0 Å². The molecule has 0 aliphatic heterocycles. The third-order valence-electron chi connectivity index (χ3n) is 4.24. The summed E-state index contributed by atoms with van der Waals surface area (Å²) in [5.41, 5.74) is 4.83. The zero-order valence-corrected chi connectivity index (χ0v) is 11.3. The number of H-pyrrole nitrogens is 1. The van der Waals surface area contributed by atoms with Crippen LogP contribution in [0.15, 0.2) is 67.0 Å². The van der Waals surface area contributed by atoms with E-state index in [1.54, 1.807) is 0 Å². The third-order valence-corrected chi connectivity index (χ3v) is 4.24. The van der Waals surface area contributed by atoms with Gasteiger partial charge in [0.1, 0.15) is 0 Å². The van der Waals surface area contributed by atoms with Crippen LogP contribution in [-0.4, -0.2) is 9.97 Å². The van der Waals surface area contributed by atoms with Crippen molar-refractivity contribution >= 4 is 32.6 Å². The number of nitrogens with zero attached hydrogens (tertiary/aromatic N) is 1. The van der Waals surface area contributed by atoms with Crippen LogP contribution in [0.5, 0.6) is 0 Å². The molecule has 0 saturated carbocycles. The molecule has 2 nitrogen and oxygen atoms in total. The molecular weight excluding hydrogens is 256 g/mol. The molecule has 2 aromatic heterocycles. The van der Waals surface area contributed by atoms with Gasteiger partial charge in [-0.1, -0.05) is 24.3 Å². The molecule has 2 heterocycles. The molecule has 0 spiro atoms. The van der Waals surface area contributed by atoms with Crippen molar-refractivity contribution in [2.75, 3.05) is 0 Å². The molecule has 1 N–H and O–H groups in total.